The predicted molar refractivity (Wildman–Crippen MR) is 70.3 cm³/mol. The van der Waals surface area contributed by atoms with Crippen LogP contribution < -0.4 is 0 Å². The first-order chi connectivity index (χ1) is 8.75. The van der Waals surface area contributed by atoms with Crippen molar-refractivity contribution in [2.45, 2.75) is 44.9 Å². The van der Waals surface area contributed by atoms with Crippen LogP contribution >= 0.6 is 0 Å². The molecule has 2 aliphatic rings. The Morgan fingerprint density at radius 3 is 2.72 bits per heavy atom. The van der Waals surface area contributed by atoms with Gasteiger partial charge in [0, 0.05) is 19.2 Å². The monoisotopic (exact) mass is 246 g/mol. The van der Waals surface area contributed by atoms with Gasteiger partial charge >= 0.3 is 0 Å². The van der Waals surface area contributed by atoms with Crippen molar-refractivity contribution < 1.29 is 4.79 Å². The molecule has 0 radical (unpaired) electrons. The van der Waals surface area contributed by atoms with E-state index in [1.54, 1.807) is 10.9 Å². The van der Waals surface area contributed by atoms with Crippen LogP contribution in [0.1, 0.15) is 55.4 Å². The second kappa shape index (κ2) is 4.87. The van der Waals surface area contributed by atoms with E-state index in [0.29, 0.717) is 5.78 Å². The van der Waals surface area contributed by atoms with Gasteiger partial charge in [-0.15, -0.1) is 0 Å². The normalized spacial score (nSPS) is 31.9. The van der Waals surface area contributed by atoms with E-state index in [0.717, 1.165) is 30.4 Å². The third-order valence-corrected chi connectivity index (χ3v) is 4.98. The van der Waals surface area contributed by atoms with Crippen molar-refractivity contribution in [2.24, 2.45) is 24.8 Å². The molecule has 2 aliphatic carbocycles. The maximum absolute atomic E-state index is 12.5. The van der Waals surface area contributed by atoms with E-state index < -0.39 is 0 Å². The smallest absolute Gasteiger partial charge is 0.183 e. The zero-order chi connectivity index (χ0) is 12.5. The summed E-state index contributed by atoms with van der Waals surface area (Å²) in [5.74, 6) is 2.29. The van der Waals surface area contributed by atoms with Crippen LogP contribution in [-0.2, 0) is 7.05 Å². The highest BCUT2D eigenvalue weighted by Crippen LogP contribution is 2.43. The summed E-state index contributed by atoms with van der Waals surface area (Å²) in [6, 6.07) is 1.86. The summed E-state index contributed by atoms with van der Waals surface area (Å²) >= 11 is 0. The average Bonchev–Trinajstić information content (AvgIpc) is 2.83. The van der Waals surface area contributed by atoms with Crippen molar-refractivity contribution in [3.05, 3.63) is 18.0 Å². The van der Waals surface area contributed by atoms with Gasteiger partial charge in [-0.3, -0.25) is 9.48 Å². The summed E-state index contributed by atoms with van der Waals surface area (Å²) in [7, 11) is 1.86. The SMILES string of the molecule is Cn1nccc1C(=O)C1CCC2CCCCC2C1. The number of Topliss-reactive ketones (excluding diaryl/α,β-unsaturated/α-hetero) is 1. The van der Waals surface area contributed by atoms with Crippen molar-refractivity contribution >= 4 is 5.78 Å². The summed E-state index contributed by atoms with van der Waals surface area (Å²) in [6.45, 7) is 0. The van der Waals surface area contributed by atoms with Gasteiger partial charge in [0.1, 0.15) is 5.69 Å². The van der Waals surface area contributed by atoms with Crippen LogP contribution in [0.4, 0.5) is 0 Å². The molecule has 3 heteroatoms. The molecular formula is C15H22N2O. The first kappa shape index (κ1) is 11.9. The fraction of sp³-hybridized carbons (Fsp3) is 0.733. The van der Waals surface area contributed by atoms with Crippen LogP contribution in [0.15, 0.2) is 12.3 Å². The van der Waals surface area contributed by atoms with Gasteiger partial charge in [0.25, 0.3) is 0 Å². The van der Waals surface area contributed by atoms with Crippen molar-refractivity contribution in [3.63, 3.8) is 0 Å². The number of fused-ring (bicyclic) bond motifs is 1. The third-order valence-electron chi connectivity index (χ3n) is 4.98. The quantitative estimate of drug-likeness (QED) is 0.751. The molecule has 0 saturated heterocycles. The zero-order valence-electron chi connectivity index (χ0n) is 11.1. The van der Waals surface area contributed by atoms with Gasteiger partial charge in [-0.1, -0.05) is 25.7 Å². The summed E-state index contributed by atoms with van der Waals surface area (Å²) in [5, 5.41) is 4.11. The Bertz CT molecular complexity index is 437. The van der Waals surface area contributed by atoms with Gasteiger partial charge in [-0.2, -0.15) is 5.10 Å². The first-order valence-corrected chi connectivity index (χ1v) is 7.28. The van der Waals surface area contributed by atoms with Crippen LogP contribution in [0.3, 0.4) is 0 Å². The van der Waals surface area contributed by atoms with E-state index in [1.165, 1.54) is 32.1 Å². The minimum Gasteiger partial charge on any atom is -0.292 e. The lowest BCUT2D eigenvalue weighted by Crippen LogP contribution is -2.31. The molecule has 1 aromatic rings. The number of rotatable bonds is 2. The molecule has 3 rings (SSSR count). The Morgan fingerprint density at radius 2 is 2.00 bits per heavy atom. The Hall–Kier alpha value is -1.12. The molecule has 2 fully saturated rings. The highest BCUT2D eigenvalue weighted by Gasteiger charge is 2.35. The Balaban J connectivity index is 1.70. The molecule has 3 atom stereocenters. The first-order valence-electron chi connectivity index (χ1n) is 7.28. The molecule has 0 spiro atoms. The molecule has 1 heterocycles. The van der Waals surface area contributed by atoms with Crippen LogP contribution in [0, 0.1) is 17.8 Å². The minimum atomic E-state index is 0.250. The van der Waals surface area contributed by atoms with Crippen molar-refractivity contribution in [1.82, 2.24) is 9.78 Å². The minimum absolute atomic E-state index is 0.250. The molecule has 0 bridgehead atoms. The highest BCUT2D eigenvalue weighted by molar-refractivity contribution is 5.96. The van der Waals surface area contributed by atoms with E-state index >= 15 is 0 Å². The van der Waals surface area contributed by atoms with Gasteiger partial charge in [0.05, 0.1) is 0 Å². The lowest BCUT2D eigenvalue weighted by molar-refractivity contribution is 0.0754. The number of nitrogens with zero attached hydrogens (tertiary/aromatic N) is 2. The number of ketones is 1. The fourth-order valence-corrected chi connectivity index (χ4v) is 3.94. The standard InChI is InChI=1S/C15H22N2O/c1-17-14(8-9-16-17)15(18)13-7-6-11-4-2-3-5-12(11)10-13/h8-9,11-13H,2-7,10H2,1H3. The summed E-state index contributed by atoms with van der Waals surface area (Å²) in [6.07, 6.45) is 10.7. The topological polar surface area (TPSA) is 34.9 Å². The molecule has 3 unspecified atom stereocenters. The van der Waals surface area contributed by atoms with Gasteiger partial charge in [-0.05, 0) is 37.2 Å². The number of aryl methyl sites for hydroxylation is 1. The molecule has 98 valence electrons. The van der Waals surface area contributed by atoms with E-state index in [4.69, 9.17) is 0 Å². The fourth-order valence-electron chi connectivity index (χ4n) is 3.94. The van der Waals surface area contributed by atoms with Crippen LogP contribution in [0.25, 0.3) is 0 Å². The molecule has 0 amide bonds. The zero-order valence-corrected chi connectivity index (χ0v) is 11.1. The molecule has 0 N–H and O–H groups in total. The number of hydrogen-bond donors (Lipinski definition) is 0. The summed E-state index contributed by atoms with van der Waals surface area (Å²) in [5.41, 5.74) is 0.786. The largest absolute Gasteiger partial charge is 0.292 e. The predicted octanol–water partition coefficient (Wildman–Crippen LogP) is 3.21. The maximum atomic E-state index is 12.5. The second-order valence-electron chi connectivity index (χ2n) is 6.02. The second-order valence-corrected chi connectivity index (χ2v) is 6.02. The molecule has 18 heavy (non-hydrogen) atoms. The highest BCUT2D eigenvalue weighted by atomic mass is 16.1. The lowest BCUT2D eigenvalue weighted by atomic mass is 9.66. The van der Waals surface area contributed by atoms with Gasteiger partial charge in [0.15, 0.2) is 5.78 Å². The maximum Gasteiger partial charge on any atom is 0.183 e. The summed E-state index contributed by atoms with van der Waals surface area (Å²) in [4.78, 5) is 12.5. The van der Waals surface area contributed by atoms with Crippen molar-refractivity contribution in [2.75, 3.05) is 0 Å². The average molecular weight is 246 g/mol. The molecule has 0 aromatic carbocycles. The van der Waals surface area contributed by atoms with Crippen LogP contribution in [0.5, 0.6) is 0 Å². The molecule has 1 aromatic heterocycles. The van der Waals surface area contributed by atoms with Crippen LogP contribution in [-0.4, -0.2) is 15.6 Å². The Kier molecular flexibility index (Phi) is 3.23. The Labute approximate surface area is 109 Å². The van der Waals surface area contributed by atoms with Crippen molar-refractivity contribution in [1.29, 1.82) is 0 Å². The lowest BCUT2D eigenvalue weighted by Gasteiger charge is -2.38. The van der Waals surface area contributed by atoms with Gasteiger partial charge < -0.3 is 0 Å². The number of hydrogen-bond acceptors (Lipinski definition) is 2. The number of carbonyl (C=O) groups excluding carboxylic acids is 1. The Morgan fingerprint density at radius 1 is 1.22 bits per heavy atom. The van der Waals surface area contributed by atoms with Crippen LogP contribution in [0.2, 0.25) is 0 Å². The number of aromatic nitrogens is 2. The van der Waals surface area contributed by atoms with Crippen molar-refractivity contribution in [3.8, 4) is 0 Å². The molecular weight excluding hydrogens is 224 g/mol. The third kappa shape index (κ3) is 2.11. The summed E-state index contributed by atoms with van der Waals surface area (Å²) < 4.78 is 1.72. The van der Waals surface area contributed by atoms with E-state index in [1.807, 2.05) is 13.1 Å². The van der Waals surface area contributed by atoms with E-state index in [-0.39, 0.29) is 5.92 Å². The number of carbonyl (C=O) groups is 1. The van der Waals surface area contributed by atoms with E-state index in [2.05, 4.69) is 5.10 Å². The van der Waals surface area contributed by atoms with Gasteiger partial charge in [0.2, 0.25) is 0 Å². The molecule has 0 aliphatic heterocycles. The van der Waals surface area contributed by atoms with E-state index in [9.17, 15) is 4.79 Å². The molecule has 2 saturated carbocycles. The molecule has 3 nitrogen and oxygen atoms in total. The van der Waals surface area contributed by atoms with Gasteiger partial charge in [-0.25, -0.2) is 0 Å².